The van der Waals surface area contributed by atoms with Crippen molar-refractivity contribution in [2.45, 2.75) is 4.90 Å². The first kappa shape index (κ1) is 14.6. The van der Waals surface area contributed by atoms with Gasteiger partial charge in [-0.2, -0.15) is 0 Å². The van der Waals surface area contributed by atoms with E-state index in [1.54, 1.807) is 48.7 Å². The van der Waals surface area contributed by atoms with Crippen molar-refractivity contribution in [2.75, 3.05) is 10.5 Å². The Morgan fingerprint density at radius 2 is 2.00 bits per heavy atom. The third-order valence-electron chi connectivity index (χ3n) is 3.15. The van der Waals surface area contributed by atoms with Crippen LogP contribution >= 0.6 is 11.6 Å². The molecular formula is C15H13ClN4OS. The topological polar surface area (TPSA) is 91.9 Å². The van der Waals surface area contributed by atoms with Crippen LogP contribution in [0.2, 0.25) is 5.02 Å². The molecule has 0 aliphatic heterocycles. The zero-order chi connectivity index (χ0) is 15.7. The van der Waals surface area contributed by atoms with E-state index in [1.165, 1.54) is 6.07 Å². The number of benzene rings is 2. The van der Waals surface area contributed by atoms with Crippen LogP contribution in [0.3, 0.4) is 0 Å². The van der Waals surface area contributed by atoms with Gasteiger partial charge in [-0.25, -0.2) is 8.99 Å². The van der Waals surface area contributed by atoms with Gasteiger partial charge in [0.15, 0.2) is 9.92 Å². The van der Waals surface area contributed by atoms with Crippen LogP contribution in [-0.2, 0) is 9.92 Å². The summed E-state index contributed by atoms with van der Waals surface area (Å²) in [6.07, 6.45) is 1.58. The van der Waals surface area contributed by atoms with Crippen LogP contribution in [0.4, 0.5) is 11.4 Å². The molecule has 1 atom stereocenters. The molecule has 7 heteroatoms. The Kier molecular flexibility index (Phi) is 3.64. The first-order valence-corrected chi connectivity index (χ1v) is 8.36. The number of hydrogen-bond acceptors (Lipinski definition) is 4. The van der Waals surface area contributed by atoms with Crippen LogP contribution in [0.1, 0.15) is 0 Å². The molecule has 1 aromatic heterocycles. The third kappa shape index (κ3) is 2.84. The summed E-state index contributed by atoms with van der Waals surface area (Å²) in [6, 6.07) is 13.4. The smallest absolute Gasteiger partial charge is 0.156 e. The lowest BCUT2D eigenvalue weighted by molar-refractivity contribution is 0.678. The molecule has 5 nitrogen and oxygen atoms in total. The zero-order valence-corrected chi connectivity index (χ0v) is 13.0. The van der Waals surface area contributed by atoms with E-state index < -0.39 is 9.92 Å². The highest BCUT2D eigenvalue weighted by Gasteiger charge is 2.12. The lowest BCUT2D eigenvalue weighted by Gasteiger charge is -2.13. The van der Waals surface area contributed by atoms with Gasteiger partial charge in [-0.15, -0.1) is 0 Å². The van der Waals surface area contributed by atoms with Crippen molar-refractivity contribution in [3.63, 3.8) is 0 Å². The van der Waals surface area contributed by atoms with E-state index in [4.69, 9.17) is 22.1 Å². The lowest BCUT2D eigenvalue weighted by Crippen LogP contribution is -2.12. The molecule has 0 spiro atoms. The normalized spacial score (nSPS) is 13.7. The number of pyridine rings is 1. The number of nitrogens with zero attached hydrogens (tertiary/aromatic N) is 1. The van der Waals surface area contributed by atoms with Crippen LogP contribution in [0.5, 0.6) is 0 Å². The SMILES string of the molecule is N=S(=O)(Nc1ccnc2cc(Cl)ccc12)c1cccc(N)c1. The Morgan fingerprint density at radius 3 is 2.77 bits per heavy atom. The largest absolute Gasteiger partial charge is 0.399 e. The molecule has 0 radical (unpaired) electrons. The average Bonchev–Trinajstić information content (AvgIpc) is 2.47. The Bertz CT molecular complexity index is 957. The van der Waals surface area contributed by atoms with Crippen LogP contribution in [0.15, 0.2) is 59.6 Å². The van der Waals surface area contributed by atoms with Crippen LogP contribution in [-0.4, -0.2) is 9.19 Å². The fourth-order valence-corrected chi connectivity index (χ4v) is 3.46. The van der Waals surface area contributed by atoms with Crippen molar-refractivity contribution in [1.82, 2.24) is 4.98 Å². The second-order valence-electron chi connectivity index (χ2n) is 4.75. The summed E-state index contributed by atoms with van der Waals surface area (Å²) >= 11 is 5.95. The molecular weight excluding hydrogens is 320 g/mol. The zero-order valence-electron chi connectivity index (χ0n) is 11.4. The molecule has 112 valence electrons. The van der Waals surface area contributed by atoms with Gasteiger partial charge in [-0.1, -0.05) is 17.7 Å². The summed E-state index contributed by atoms with van der Waals surface area (Å²) in [7, 11) is -3.23. The number of nitrogens with one attached hydrogen (secondary N) is 2. The van der Waals surface area contributed by atoms with Gasteiger partial charge in [0.2, 0.25) is 0 Å². The minimum atomic E-state index is -3.23. The number of nitrogen functional groups attached to an aromatic ring is 1. The minimum Gasteiger partial charge on any atom is -0.399 e. The van der Waals surface area contributed by atoms with Crippen LogP contribution < -0.4 is 10.5 Å². The van der Waals surface area contributed by atoms with Crippen molar-refractivity contribution in [3.8, 4) is 0 Å². The number of rotatable bonds is 3. The molecule has 2 aromatic carbocycles. The predicted octanol–water partition coefficient (Wildman–Crippen LogP) is 3.90. The number of aromatic nitrogens is 1. The van der Waals surface area contributed by atoms with Gasteiger partial charge < -0.3 is 5.73 Å². The molecule has 0 aliphatic carbocycles. The number of nitrogens with two attached hydrogens (primary N) is 1. The molecule has 1 heterocycles. The van der Waals surface area contributed by atoms with E-state index in [9.17, 15) is 4.21 Å². The maximum Gasteiger partial charge on any atom is 0.156 e. The van der Waals surface area contributed by atoms with Crippen LogP contribution in [0, 0.1) is 4.78 Å². The molecule has 4 N–H and O–H groups in total. The minimum absolute atomic E-state index is 0.325. The van der Waals surface area contributed by atoms with Crippen molar-refractivity contribution in [2.24, 2.45) is 0 Å². The van der Waals surface area contributed by atoms with Gasteiger partial charge in [0.1, 0.15) is 0 Å². The molecule has 0 saturated carbocycles. The summed E-state index contributed by atoms with van der Waals surface area (Å²) in [5.74, 6) is 0. The van der Waals surface area contributed by atoms with Gasteiger partial charge in [0.05, 0.1) is 16.1 Å². The molecule has 3 rings (SSSR count). The molecule has 0 aliphatic rings. The Morgan fingerprint density at radius 1 is 1.18 bits per heavy atom. The van der Waals surface area contributed by atoms with Gasteiger partial charge in [-0.3, -0.25) is 9.71 Å². The fraction of sp³-hybridized carbons (Fsp3) is 0. The summed E-state index contributed by atoms with van der Waals surface area (Å²) in [5, 5.41) is 1.32. The second kappa shape index (κ2) is 5.47. The van der Waals surface area contributed by atoms with Crippen molar-refractivity contribution >= 4 is 43.8 Å². The molecule has 1 unspecified atom stereocenters. The fourth-order valence-electron chi connectivity index (χ4n) is 2.12. The Labute approximate surface area is 133 Å². The highest BCUT2D eigenvalue weighted by Crippen LogP contribution is 2.27. The van der Waals surface area contributed by atoms with E-state index in [0.717, 1.165) is 5.39 Å². The lowest BCUT2D eigenvalue weighted by atomic mass is 10.2. The molecule has 0 amide bonds. The summed E-state index contributed by atoms with van der Waals surface area (Å²) in [4.78, 5) is 4.55. The molecule has 0 bridgehead atoms. The monoisotopic (exact) mass is 332 g/mol. The van der Waals surface area contributed by atoms with Gasteiger partial charge >= 0.3 is 0 Å². The highest BCUT2D eigenvalue weighted by molar-refractivity contribution is 7.93. The predicted molar refractivity (Wildman–Crippen MR) is 90.4 cm³/mol. The highest BCUT2D eigenvalue weighted by atomic mass is 35.5. The van der Waals surface area contributed by atoms with E-state index >= 15 is 0 Å². The summed E-state index contributed by atoms with van der Waals surface area (Å²) in [6.45, 7) is 0. The molecule has 3 aromatic rings. The maximum atomic E-state index is 12.7. The van der Waals surface area contributed by atoms with Crippen molar-refractivity contribution in [3.05, 3.63) is 59.8 Å². The first-order chi connectivity index (χ1) is 10.5. The quantitative estimate of drug-likeness (QED) is 0.635. The number of halogens is 1. The number of hydrogen-bond donors (Lipinski definition) is 3. The molecule has 22 heavy (non-hydrogen) atoms. The van der Waals surface area contributed by atoms with Crippen molar-refractivity contribution in [1.29, 1.82) is 4.78 Å². The third-order valence-corrected chi connectivity index (χ3v) is 4.81. The van der Waals surface area contributed by atoms with Gasteiger partial charge in [0, 0.05) is 22.3 Å². The average molecular weight is 333 g/mol. The Balaban J connectivity index is 2.06. The van der Waals surface area contributed by atoms with E-state index in [0.29, 0.717) is 26.8 Å². The van der Waals surface area contributed by atoms with E-state index in [1.807, 2.05) is 0 Å². The van der Waals surface area contributed by atoms with Gasteiger partial charge in [0.25, 0.3) is 0 Å². The maximum absolute atomic E-state index is 12.7. The van der Waals surface area contributed by atoms with Crippen molar-refractivity contribution < 1.29 is 4.21 Å². The summed E-state index contributed by atoms with van der Waals surface area (Å²) < 4.78 is 23.6. The van der Waals surface area contributed by atoms with Gasteiger partial charge in [-0.05, 0) is 42.5 Å². The van der Waals surface area contributed by atoms with Crippen LogP contribution in [0.25, 0.3) is 10.9 Å². The van der Waals surface area contributed by atoms with E-state index in [2.05, 4.69) is 9.71 Å². The summed E-state index contributed by atoms with van der Waals surface area (Å²) in [5.41, 5.74) is 7.38. The molecule has 0 saturated heterocycles. The standard InChI is InChI=1S/C15H13ClN4OS/c16-10-4-5-13-14(6-7-19-15(13)8-10)20-22(18,21)12-3-1-2-11(17)9-12/h1-9H,17H2,(H2,18,19,20,21). The molecule has 0 fully saturated rings. The number of fused-ring (bicyclic) bond motifs is 1. The number of anilines is 2. The van der Waals surface area contributed by atoms with E-state index in [-0.39, 0.29) is 0 Å². The first-order valence-electron chi connectivity index (χ1n) is 6.42. The second-order valence-corrected chi connectivity index (χ2v) is 6.98. The Hall–Kier alpha value is -2.31.